The second-order valence-electron chi connectivity index (χ2n) is 7.66. The molecule has 1 aromatic rings. The standard InChI is InChI=1S/C18H25F3N4O/c19-18(20,21)16-9-17(23-12-22-16)25(14-1-2-14)15-3-6-24(7-4-15)10-13-5-8-26-11-13/h9,12-15H,1-8,10-11H2. The first-order valence-electron chi connectivity index (χ1n) is 9.48. The third-order valence-electron chi connectivity index (χ3n) is 5.64. The van der Waals surface area contributed by atoms with Crippen molar-refractivity contribution in [3.63, 3.8) is 0 Å². The van der Waals surface area contributed by atoms with Gasteiger partial charge in [0.1, 0.15) is 17.8 Å². The molecule has 2 saturated heterocycles. The van der Waals surface area contributed by atoms with Crippen LogP contribution in [-0.2, 0) is 10.9 Å². The van der Waals surface area contributed by atoms with Gasteiger partial charge in [0.25, 0.3) is 0 Å². The first-order valence-corrected chi connectivity index (χ1v) is 9.48. The second-order valence-corrected chi connectivity index (χ2v) is 7.66. The van der Waals surface area contributed by atoms with Crippen LogP contribution in [0.25, 0.3) is 0 Å². The summed E-state index contributed by atoms with van der Waals surface area (Å²) < 4.78 is 44.5. The first kappa shape index (κ1) is 18.0. The summed E-state index contributed by atoms with van der Waals surface area (Å²) in [5.41, 5.74) is -0.855. The molecule has 144 valence electrons. The highest BCUT2D eigenvalue weighted by atomic mass is 19.4. The lowest BCUT2D eigenvalue weighted by molar-refractivity contribution is -0.141. The van der Waals surface area contributed by atoms with Gasteiger partial charge in [0.2, 0.25) is 0 Å². The number of nitrogens with zero attached hydrogens (tertiary/aromatic N) is 4. The zero-order valence-electron chi connectivity index (χ0n) is 14.8. The van der Waals surface area contributed by atoms with E-state index < -0.39 is 11.9 Å². The summed E-state index contributed by atoms with van der Waals surface area (Å²) in [4.78, 5) is 12.2. The summed E-state index contributed by atoms with van der Waals surface area (Å²) in [5.74, 6) is 1.06. The Bertz CT molecular complexity index is 609. The minimum Gasteiger partial charge on any atom is -0.381 e. The molecule has 3 heterocycles. The Kier molecular flexibility index (Phi) is 5.05. The number of likely N-dealkylation sites (tertiary alicyclic amines) is 1. The van der Waals surface area contributed by atoms with Crippen molar-refractivity contribution < 1.29 is 17.9 Å². The lowest BCUT2D eigenvalue weighted by atomic mass is 10.0. The van der Waals surface area contributed by atoms with Crippen LogP contribution in [0.15, 0.2) is 12.4 Å². The van der Waals surface area contributed by atoms with Crippen LogP contribution in [0.3, 0.4) is 0 Å². The van der Waals surface area contributed by atoms with Crippen LogP contribution in [0, 0.1) is 5.92 Å². The molecular weight excluding hydrogens is 345 g/mol. The Balaban J connectivity index is 1.42. The number of piperidine rings is 1. The SMILES string of the molecule is FC(F)(F)c1cc(N(C2CC2)C2CCN(CC3CCOC3)CC2)ncn1. The highest BCUT2D eigenvalue weighted by Gasteiger charge is 2.39. The van der Waals surface area contributed by atoms with Gasteiger partial charge in [-0.15, -0.1) is 0 Å². The van der Waals surface area contributed by atoms with Gasteiger partial charge in [0.05, 0.1) is 6.61 Å². The zero-order valence-corrected chi connectivity index (χ0v) is 14.8. The van der Waals surface area contributed by atoms with E-state index in [4.69, 9.17) is 4.74 Å². The predicted octanol–water partition coefficient (Wildman–Crippen LogP) is 2.97. The van der Waals surface area contributed by atoms with E-state index in [1.807, 2.05) is 0 Å². The number of rotatable bonds is 5. The number of hydrogen-bond acceptors (Lipinski definition) is 5. The lowest BCUT2D eigenvalue weighted by Gasteiger charge is -2.40. The van der Waals surface area contributed by atoms with E-state index in [-0.39, 0.29) is 6.04 Å². The van der Waals surface area contributed by atoms with Crippen molar-refractivity contribution in [2.45, 2.75) is 50.4 Å². The van der Waals surface area contributed by atoms with E-state index in [1.54, 1.807) is 0 Å². The molecule has 0 radical (unpaired) electrons. The van der Waals surface area contributed by atoms with Gasteiger partial charge in [-0.05, 0) is 38.0 Å². The Labute approximate surface area is 151 Å². The van der Waals surface area contributed by atoms with Crippen LogP contribution in [0.5, 0.6) is 0 Å². The molecule has 1 atom stereocenters. The molecular formula is C18H25F3N4O. The van der Waals surface area contributed by atoms with Gasteiger partial charge in [-0.1, -0.05) is 0 Å². The van der Waals surface area contributed by atoms with Gasteiger partial charge in [0.15, 0.2) is 0 Å². The molecule has 0 aromatic carbocycles. The maximum absolute atomic E-state index is 13.0. The van der Waals surface area contributed by atoms with E-state index in [9.17, 15) is 13.2 Å². The quantitative estimate of drug-likeness (QED) is 0.797. The Morgan fingerprint density at radius 1 is 1.08 bits per heavy atom. The van der Waals surface area contributed by atoms with E-state index >= 15 is 0 Å². The zero-order chi connectivity index (χ0) is 18.1. The minimum absolute atomic E-state index is 0.259. The Morgan fingerprint density at radius 2 is 1.81 bits per heavy atom. The summed E-state index contributed by atoms with van der Waals surface area (Å²) in [5, 5.41) is 0. The molecule has 1 unspecified atom stereocenters. The number of halogens is 3. The largest absolute Gasteiger partial charge is 0.433 e. The van der Waals surface area contributed by atoms with Gasteiger partial charge in [-0.3, -0.25) is 0 Å². The summed E-state index contributed by atoms with van der Waals surface area (Å²) >= 11 is 0. The van der Waals surface area contributed by atoms with Gasteiger partial charge < -0.3 is 14.5 Å². The fraction of sp³-hybridized carbons (Fsp3) is 0.778. The fourth-order valence-corrected chi connectivity index (χ4v) is 4.14. The maximum Gasteiger partial charge on any atom is 0.433 e. The van der Waals surface area contributed by atoms with Crippen molar-refractivity contribution in [1.29, 1.82) is 0 Å². The van der Waals surface area contributed by atoms with Crippen molar-refractivity contribution in [3.8, 4) is 0 Å². The van der Waals surface area contributed by atoms with Crippen molar-refractivity contribution in [2.24, 2.45) is 5.92 Å². The smallest absolute Gasteiger partial charge is 0.381 e. The Hall–Kier alpha value is -1.41. The lowest BCUT2D eigenvalue weighted by Crippen LogP contribution is -2.47. The maximum atomic E-state index is 13.0. The third kappa shape index (κ3) is 4.11. The Morgan fingerprint density at radius 3 is 2.42 bits per heavy atom. The average Bonchev–Trinajstić information content (AvgIpc) is 3.32. The van der Waals surface area contributed by atoms with Crippen LogP contribution in [0.4, 0.5) is 19.0 Å². The highest BCUT2D eigenvalue weighted by molar-refractivity contribution is 5.44. The molecule has 3 aliphatic rings. The van der Waals surface area contributed by atoms with Crippen molar-refractivity contribution in [2.75, 3.05) is 37.7 Å². The molecule has 2 aliphatic heterocycles. The first-order chi connectivity index (χ1) is 12.5. The van der Waals surface area contributed by atoms with E-state index in [0.717, 1.165) is 77.3 Å². The van der Waals surface area contributed by atoms with Gasteiger partial charge >= 0.3 is 6.18 Å². The number of ether oxygens (including phenoxy) is 1. The van der Waals surface area contributed by atoms with Crippen molar-refractivity contribution in [3.05, 3.63) is 18.1 Å². The molecule has 0 N–H and O–H groups in total. The molecule has 0 amide bonds. The van der Waals surface area contributed by atoms with Crippen LogP contribution in [0.2, 0.25) is 0 Å². The fourth-order valence-electron chi connectivity index (χ4n) is 4.14. The number of hydrogen-bond donors (Lipinski definition) is 0. The van der Waals surface area contributed by atoms with E-state index in [2.05, 4.69) is 19.8 Å². The topological polar surface area (TPSA) is 41.5 Å². The summed E-state index contributed by atoms with van der Waals surface area (Å²) in [6.45, 7) is 4.77. The summed E-state index contributed by atoms with van der Waals surface area (Å²) in [7, 11) is 0. The van der Waals surface area contributed by atoms with Crippen LogP contribution in [0.1, 0.15) is 37.8 Å². The molecule has 4 rings (SSSR count). The highest BCUT2D eigenvalue weighted by Crippen LogP contribution is 2.37. The molecule has 5 nitrogen and oxygen atoms in total. The van der Waals surface area contributed by atoms with Gasteiger partial charge in [-0.2, -0.15) is 13.2 Å². The summed E-state index contributed by atoms with van der Waals surface area (Å²) in [6.07, 6.45) is 1.75. The van der Waals surface area contributed by atoms with Gasteiger partial charge in [-0.25, -0.2) is 9.97 Å². The normalized spacial score (nSPS) is 25.6. The summed E-state index contributed by atoms with van der Waals surface area (Å²) in [6, 6.07) is 1.70. The molecule has 8 heteroatoms. The van der Waals surface area contributed by atoms with Crippen LogP contribution in [-0.4, -0.2) is 59.8 Å². The number of aromatic nitrogens is 2. The van der Waals surface area contributed by atoms with E-state index in [0.29, 0.717) is 17.8 Å². The number of anilines is 1. The van der Waals surface area contributed by atoms with Gasteiger partial charge in [0, 0.05) is 44.4 Å². The monoisotopic (exact) mass is 370 g/mol. The molecule has 26 heavy (non-hydrogen) atoms. The van der Waals surface area contributed by atoms with Crippen LogP contribution >= 0.6 is 0 Å². The predicted molar refractivity (Wildman–Crippen MR) is 90.9 cm³/mol. The molecule has 0 spiro atoms. The van der Waals surface area contributed by atoms with Crippen molar-refractivity contribution in [1.82, 2.24) is 14.9 Å². The third-order valence-corrected chi connectivity index (χ3v) is 5.64. The van der Waals surface area contributed by atoms with Crippen LogP contribution < -0.4 is 4.90 Å². The molecule has 1 saturated carbocycles. The number of alkyl halides is 3. The molecule has 0 bridgehead atoms. The molecule has 1 aliphatic carbocycles. The molecule has 3 fully saturated rings. The average molecular weight is 370 g/mol. The van der Waals surface area contributed by atoms with E-state index in [1.165, 1.54) is 0 Å². The minimum atomic E-state index is -4.43. The molecule has 1 aromatic heterocycles. The second kappa shape index (κ2) is 7.31. The van der Waals surface area contributed by atoms with Crippen molar-refractivity contribution >= 4 is 5.82 Å².